The van der Waals surface area contributed by atoms with Crippen molar-refractivity contribution < 1.29 is 105 Å². The van der Waals surface area contributed by atoms with Crippen molar-refractivity contribution in [2.45, 2.75) is 123 Å². The average Bonchev–Trinajstić information content (AvgIpc) is 3.03. The van der Waals surface area contributed by atoms with E-state index in [9.17, 15) is 71.5 Å². The molecule has 21 heteroatoms. The molecule has 20 atom stereocenters. The van der Waals surface area contributed by atoms with Gasteiger partial charge in [0.1, 0.15) is 97.7 Å². The minimum Gasteiger partial charge on any atom is -0.394 e. The van der Waals surface area contributed by atoms with Gasteiger partial charge in [-0.05, 0) is 0 Å². The van der Waals surface area contributed by atoms with Crippen LogP contribution in [0.5, 0.6) is 0 Å². The van der Waals surface area contributed by atoms with Crippen LogP contribution in [0.2, 0.25) is 0 Å². The first-order chi connectivity index (χ1) is 21.3. The third-order valence-corrected chi connectivity index (χ3v) is 8.21. The summed E-state index contributed by atoms with van der Waals surface area (Å²) in [6, 6.07) is 0. The predicted molar refractivity (Wildman–Crippen MR) is 134 cm³/mol. The van der Waals surface area contributed by atoms with E-state index in [2.05, 4.69) is 0 Å². The maximum Gasteiger partial charge on any atom is 0.187 e. The fourth-order valence-electron chi connectivity index (χ4n) is 5.49. The molecule has 0 aromatic rings. The van der Waals surface area contributed by atoms with E-state index < -0.39 is 149 Å². The Hall–Kier alpha value is -0.840. The first-order valence-electron chi connectivity index (χ1n) is 14.1. The molecule has 0 aromatic carbocycles. The molecule has 0 radical (unpaired) electrons. The Bertz CT molecular complexity index is 916. The number of hydrogen-bond donors (Lipinski definition) is 14. The van der Waals surface area contributed by atoms with Crippen LogP contribution in [-0.4, -0.2) is 221 Å². The Kier molecular flexibility index (Phi) is 12.8. The van der Waals surface area contributed by atoms with Crippen molar-refractivity contribution in [1.82, 2.24) is 0 Å². The molecule has 4 aliphatic heterocycles. The van der Waals surface area contributed by atoms with Crippen LogP contribution in [0.1, 0.15) is 0 Å². The summed E-state index contributed by atoms with van der Waals surface area (Å²) < 4.78 is 38.2. The molecule has 45 heavy (non-hydrogen) atoms. The summed E-state index contributed by atoms with van der Waals surface area (Å²) >= 11 is 0. The Labute approximate surface area is 254 Å². The molecule has 0 unspecified atom stereocenters. The summed E-state index contributed by atoms with van der Waals surface area (Å²) in [6.45, 7) is -3.45. The summed E-state index contributed by atoms with van der Waals surface area (Å²) in [5.74, 6) is 0. The summed E-state index contributed by atoms with van der Waals surface area (Å²) in [6.07, 6.45) is -36.6. The first kappa shape index (κ1) is 37.0. The van der Waals surface area contributed by atoms with Crippen molar-refractivity contribution >= 4 is 0 Å². The first-order valence-corrected chi connectivity index (χ1v) is 14.1. The highest BCUT2D eigenvalue weighted by molar-refractivity contribution is 4.97. The van der Waals surface area contributed by atoms with Crippen molar-refractivity contribution in [3.63, 3.8) is 0 Å². The molecule has 0 aliphatic carbocycles. The highest BCUT2D eigenvalue weighted by Crippen LogP contribution is 2.34. The lowest BCUT2D eigenvalue weighted by Gasteiger charge is -2.49. The van der Waals surface area contributed by atoms with Crippen LogP contribution >= 0.6 is 0 Å². The van der Waals surface area contributed by atoms with E-state index in [1.54, 1.807) is 0 Å². The number of hydrogen-bond acceptors (Lipinski definition) is 21. The SMILES string of the molecule is OC[C@H]1O[C@H](O[C@@H]2[C@@H](O[C@@H]3[C@@H](O[C@@H]4[C@H](O)[C@@H](O)O[C@H](CO)[C@H]4O)O[C@H](CO)[C@@H](O)[C@@H]3O)O[C@H](CO)[C@@H](O)[C@@H]2O)[C@@H](O)[C@@H](O)[C@@H]1O. The molecule has 4 rings (SSSR count). The van der Waals surface area contributed by atoms with Crippen molar-refractivity contribution in [3.8, 4) is 0 Å². The Morgan fingerprint density at radius 1 is 0.333 bits per heavy atom. The van der Waals surface area contributed by atoms with E-state index >= 15 is 0 Å². The van der Waals surface area contributed by atoms with Crippen LogP contribution in [-0.2, 0) is 33.2 Å². The molecule has 4 saturated heterocycles. The van der Waals surface area contributed by atoms with Gasteiger partial charge in [-0.15, -0.1) is 0 Å². The van der Waals surface area contributed by atoms with Gasteiger partial charge < -0.3 is 105 Å². The maximum absolute atomic E-state index is 11.0. The lowest BCUT2D eigenvalue weighted by molar-refractivity contribution is -0.403. The molecule has 4 heterocycles. The number of aliphatic hydroxyl groups excluding tert-OH is 14. The van der Waals surface area contributed by atoms with Gasteiger partial charge in [0.05, 0.1) is 26.4 Å². The maximum atomic E-state index is 11.0. The Balaban J connectivity index is 1.63. The molecular weight excluding hydrogens is 624 g/mol. The number of aliphatic hydroxyl groups is 14. The van der Waals surface area contributed by atoms with Crippen molar-refractivity contribution in [1.29, 1.82) is 0 Å². The monoisotopic (exact) mass is 666 g/mol. The molecule has 14 N–H and O–H groups in total. The van der Waals surface area contributed by atoms with Crippen LogP contribution in [0.3, 0.4) is 0 Å². The third kappa shape index (κ3) is 7.44. The Morgan fingerprint density at radius 2 is 0.689 bits per heavy atom. The fraction of sp³-hybridized carbons (Fsp3) is 1.00. The largest absolute Gasteiger partial charge is 0.394 e. The van der Waals surface area contributed by atoms with E-state index in [-0.39, 0.29) is 0 Å². The second-order valence-corrected chi connectivity index (χ2v) is 11.1. The molecule has 0 aromatic heterocycles. The third-order valence-electron chi connectivity index (χ3n) is 8.21. The van der Waals surface area contributed by atoms with E-state index in [0.29, 0.717) is 0 Å². The molecule has 0 bridgehead atoms. The fourth-order valence-corrected chi connectivity index (χ4v) is 5.49. The highest BCUT2D eigenvalue weighted by Gasteiger charge is 2.55. The number of rotatable bonds is 10. The van der Waals surface area contributed by atoms with Gasteiger partial charge in [-0.25, -0.2) is 0 Å². The summed E-state index contributed by atoms with van der Waals surface area (Å²) in [5.41, 5.74) is 0. The number of ether oxygens (including phenoxy) is 7. The van der Waals surface area contributed by atoms with Gasteiger partial charge in [-0.1, -0.05) is 0 Å². The van der Waals surface area contributed by atoms with Gasteiger partial charge in [-0.2, -0.15) is 0 Å². The lowest BCUT2D eigenvalue weighted by atomic mass is 9.96. The van der Waals surface area contributed by atoms with Crippen LogP contribution in [0.25, 0.3) is 0 Å². The van der Waals surface area contributed by atoms with Crippen molar-refractivity contribution in [2.24, 2.45) is 0 Å². The molecule has 264 valence electrons. The van der Waals surface area contributed by atoms with Gasteiger partial charge in [0, 0.05) is 0 Å². The standard InChI is InChI=1S/C24H42O21/c25-1-5-9(29)13(33)16(36)22(40-5)44-19-14(34)10(30)7(3-27)42-24(19)45-20-15(35)11(31)6(2-26)41-23(20)43-18-12(32)8(4-28)39-21(38)17(18)37/h5-38H,1-4H2/t5-,6-,7-,8-,9-,10-,11-,12-,13+,14+,15+,16+,17+,18+,19+,20+,21+,22-,23-,24-/m1/s1. The van der Waals surface area contributed by atoms with E-state index in [1.165, 1.54) is 0 Å². The van der Waals surface area contributed by atoms with Gasteiger partial charge in [-0.3, -0.25) is 0 Å². The molecule has 0 saturated carbocycles. The van der Waals surface area contributed by atoms with Gasteiger partial charge in [0.25, 0.3) is 0 Å². The van der Waals surface area contributed by atoms with Crippen LogP contribution in [0.4, 0.5) is 0 Å². The summed E-state index contributed by atoms with van der Waals surface area (Å²) in [5, 5.41) is 143. The van der Waals surface area contributed by atoms with Gasteiger partial charge in [0.15, 0.2) is 25.2 Å². The molecule has 0 spiro atoms. The van der Waals surface area contributed by atoms with Crippen molar-refractivity contribution in [3.05, 3.63) is 0 Å². The lowest BCUT2D eigenvalue weighted by Crippen LogP contribution is -2.68. The predicted octanol–water partition coefficient (Wildman–Crippen LogP) is -9.75. The quantitative estimate of drug-likeness (QED) is 0.103. The minimum absolute atomic E-state index is 0.827. The highest BCUT2D eigenvalue weighted by atomic mass is 16.8. The summed E-state index contributed by atoms with van der Waals surface area (Å²) in [7, 11) is 0. The molecule has 0 amide bonds. The molecular formula is C24H42O21. The second kappa shape index (κ2) is 15.6. The smallest absolute Gasteiger partial charge is 0.187 e. The second-order valence-electron chi connectivity index (χ2n) is 11.1. The molecule has 21 nitrogen and oxygen atoms in total. The van der Waals surface area contributed by atoms with Crippen molar-refractivity contribution in [2.75, 3.05) is 26.4 Å². The van der Waals surface area contributed by atoms with Gasteiger partial charge in [0.2, 0.25) is 0 Å². The zero-order chi connectivity index (χ0) is 33.3. The Morgan fingerprint density at radius 3 is 1.13 bits per heavy atom. The summed E-state index contributed by atoms with van der Waals surface area (Å²) in [4.78, 5) is 0. The van der Waals surface area contributed by atoms with Crippen LogP contribution < -0.4 is 0 Å². The van der Waals surface area contributed by atoms with Gasteiger partial charge >= 0.3 is 0 Å². The zero-order valence-corrected chi connectivity index (χ0v) is 23.5. The zero-order valence-electron chi connectivity index (χ0n) is 23.5. The van der Waals surface area contributed by atoms with Crippen LogP contribution in [0.15, 0.2) is 0 Å². The topological polar surface area (TPSA) is 348 Å². The average molecular weight is 667 g/mol. The van der Waals surface area contributed by atoms with Crippen LogP contribution in [0, 0.1) is 0 Å². The van der Waals surface area contributed by atoms with E-state index in [4.69, 9.17) is 33.2 Å². The normalized spacial score (nSPS) is 52.9. The molecule has 4 fully saturated rings. The van der Waals surface area contributed by atoms with E-state index in [0.717, 1.165) is 0 Å². The minimum atomic E-state index is -2.03. The molecule has 4 aliphatic rings. The van der Waals surface area contributed by atoms with E-state index in [1.807, 2.05) is 0 Å².